The van der Waals surface area contributed by atoms with Gasteiger partial charge in [0, 0.05) is 31.9 Å². The van der Waals surface area contributed by atoms with Crippen molar-refractivity contribution in [3.63, 3.8) is 0 Å². The Morgan fingerprint density at radius 2 is 2.13 bits per heavy atom. The third-order valence-corrected chi connectivity index (χ3v) is 3.73. The van der Waals surface area contributed by atoms with Crippen LogP contribution in [0, 0.1) is 18.3 Å². The number of hydrogen-bond acceptors (Lipinski definition) is 5. The van der Waals surface area contributed by atoms with Gasteiger partial charge in [-0.25, -0.2) is 9.78 Å². The number of nitriles is 1. The summed E-state index contributed by atoms with van der Waals surface area (Å²) in [6.07, 6.45) is 1.32. The standard InChI is InChI=1S/C17H24N4O2/c1-12-8-14(9-18)10-19-15(12)20-6-7-21(13(2)11-20)16(22)23-17(3,4)5/h8,10,13H,6-7,11H2,1-5H3. The number of rotatable bonds is 1. The first-order valence-corrected chi connectivity index (χ1v) is 7.82. The first-order valence-electron chi connectivity index (χ1n) is 7.82. The number of pyridine rings is 1. The van der Waals surface area contributed by atoms with E-state index >= 15 is 0 Å². The molecule has 1 aromatic heterocycles. The zero-order chi connectivity index (χ0) is 17.2. The Labute approximate surface area is 137 Å². The molecule has 1 fully saturated rings. The molecule has 2 rings (SSSR count). The number of anilines is 1. The number of amides is 1. The highest BCUT2D eigenvalue weighted by Gasteiger charge is 2.31. The zero-order valence-electron chi connectivity index (χ0n) is 14.5. The normalized spacial score (nSPS) is 18.5. The average Bonchev–Trinajstić information content (AvgIpc) is 2.44. The van der Waals surface area contributed by atoms with Gasteiger partial charge in [-0.15, -0.1) is 0 Å². The van der Waals surface area contributed by atoms with E-state index in [9.17, 15) is 4.79 Å². The SMILES string of the molecule is Cc1cc(C#N)cnc1N1CCN(C(=O)OC(C)(C)C)C(C)C1. The summed E-state index contributed by atoms with van der Waals surface area (Å²) in [6.45, 7) is 11.6. The Kier molecular flexibility index (Phi) is 4.79. The lowest BCUT2D eigenvalue weighted by atomic mass is 10.1. The number of piperazine rings is 1. The van der Waals surface area contributed by atoms with E-state index in [0.717, 1.165) is 11.4 Å². The van der Waals surface area contributed by atoms with E-state index < -0.39 is 5.60 Å². The Balaban J connectivity index is 2.07. The van der Waals surface area contributed by atoms with Crippen LogP contribution in [0.4, 0.5) is 10.6 Å². The average molecular weight is 316 g/mol. The van der Waals surface area contributed by atoms with E-state index in [1.807, 2.05) is 40.7 Å². The highest BCUT2D eigenvalue weighted by molar-refractivity contribution is 5.69. The largest absolute Gasteiger partial charge is 0.444 e. The predicted octanol–water partition coefficient (Wildman–Crippen LogP) is 2.71. The van der Waals surface area contributed by atoms with Crippen LogP contribution in [0.25, 0.3) is 0 Å². The fraction of sp³-hybridized carbons (Fsp3) is 0.588. The minimum absolute atomic E-state index is 0.0374. The molecule has 0 aromatic carbocycles. The van der Waals surface area contributed by atoms with Crippen molar-refractivity contribution < 1.29 is 9.53 Å². The van der Waals surface area contributed by atoms with E-state index in [2.05, 4.69) is 16.0 Å². The number of aromatic nitrogens is 1. The van der Waals surface area contributed by atoms with Crippen molar-refractivity contribution in [3.8, 4) is 6.07 Å². The van der Waals surface area contributed by atoms with E-state index in [1.54, 1.807) is 11.1 Å². The lowest BCUT2D eigenvalue weighted by Crippen LogP contribution is -2.55. The number of ether oxygens (including phenoxy) is 1. The second-order valence-electron chi connectivity index (χ2n) is 6.95. The van der Waals surface area contributed by atoms with Crippen LogP contribution in [-0.4, -0.2) is 47.3 Å². The van der Waals surface area contributed by atoms with E-state index in [1.165, 1.54) is 0 Å². The van der Waals surface area contributed by atoms with Crippen molar-refractivity contribution >= 4 is 11.9 Å². The number of carbonyl (C=O) groups is 1. The molecule has 1 aliphatic heterocycles. The second-order valence-corrected chi connectivity index (χ2v) is 6.95. The summed E-state index contributed by atoms with van der Waals surface area (Å²) < 4.78 is 5.46. The fourth-order valence-corrected chi connectivity index (χ4v) is 2.70. The quantitative estimate of drug-likeness (QED) is 0.797. The number of hydrogen-bond donors (Lipinski definition) is 0. The Hall–Kier alpha value is -2.29. The van der Waals surface area contributed by atoms with Gasteiger partial charge in [0.15, 0.2) is 0 Å². The van der Waals surface area contributed by atoms with E-state index in [-0.39, 0.29) is 12.1 Å². The van der Waals surface area contributed by atoms with Crippen molar-refractivity contribution in [1.29, 1.82) is 5.26 Å². The van der Waals surface area contributed by atoms with Crippen LogP contribution in [-0.2, 0) is 4.74 Å². The molecule has 1 amide bonds. The van der Waals surface area contributed by atoms with Gasteiger partial charge in [-0.1, -0.05) is 0 Å². The molecule has 0 radical (unpaired) electrons. The van der Waals surface area contributed by atoms with Gasteiger partial charge in [0.2, 0.25) is 0 Å². The van der Waals surface area contributed by atoms with Crippen LogP contribution >= 0.6 is 0 Å². The molecule has 124 valence electrons. The molecule has 6 nitrogen and oxygen atoms in total. The van der Waals surface area contributed by atoms with Gasteiger partial charge < -0.3 is 14.5 Å². The smallest absolute Gasteiger partial charge is 0.410 e. The van der Waals surface area contributed by atoms with Crippen molar-refractivity contribution in [2.45, 2.75) is 46.3 Å². The monoisotopic (exact) mass is 316 g/mol. The third-order valence-electron chi connectivity index (χ3n) is 3.73. The molecule has 1 aromatic rings. The first-order chi connectivity index (χ1) is 10.7. The second kappa shape index (κ2) is 6.45. The lowest BCUT2D eigenvalue weighted by molar-refractivity contribution is 0.0158. The maximum absolute atomic E-state index is 12.3. The van der Waals surface area contributed by atoms with Gasteiger partial charge in [0.1, 0.15) is 17.5 Å². The summed E-state index contributed by atoms with van der Waals surface area (Å²) in [5, 5.41) is 8.93. The minimum Gasteiger partial charge on any atom is -0.444 e. The van der Waals surface area contributed by atoms with Gasteiger partial charge in [0.05, 0.1) is 5.56 Å². The Morgan fingerprint density at radius 3 is 2.65 bits per heavy atom. The highest BCUT2D eigenvalue weighted by Crippen LogP contribution is 2.22. The summed E-state index contributed by atoms with van der Waals surface area (Å²) in [6, 6.07) is 3.98. The van der Waals surface area contributed by atoms with Gasteiger partial charge >= 0.3 is 6.09 Å². The van der Waals surface area contributed by atoms with Crippen LogP contribution in [0.2, 0.25) is 0 Å². The number of carbonyl (C=O) groups excluding carboxylic acids is 1. The summed E-state index contributed by atoms with van der Waals surface area (Å²) in [5.74, 6) is 0.875. The van der Waals surface area contributed by atoms with E-state index in [0.29, 0.717) is 25.2 Å². The first kappa shape index (κ1) is 17.1. The van der Waals surface area contributed by atoms with Gasteiger partial charge in [-0.3, -0.25) is 0 Å². The highest BCUT2D eigenvalue weighted by atomic mass is 16.6. The molecule has 1 aliphatic rings. The van der Waals surface area contributed by atoms with Crippen molar-refractivity contribution in [2.75, 3.05) is 24.5 Å². The third kappa shape index (κ3) is 4.13. The molecule has 6 heteroatoms. The molecule has 1 saturated heterocycles. The molecule has 0 aliphatic carbocycles. The zero-order valence-corrected chi connectivity index (χ0v) is 14.5. The Bertz CT molecular complexity index is 630. The summed E-state index contributed by atoms with van der Waals surface area (Å²) >= 11 is 0. The van der Waals surface area contributed by atoms with Crippen LogP contribution in [0.3, 0.4) is 0 Å². The molecule has 1 unspecified atom stereocenters. The van der Waals surface area contributed by atoms with Crippen molar-refractivity contribution in [2.24, 2.45) is 0 Å². The summed E-state index contributed by atoms with van der Waals surface area (Å²) in [5.41, 5.74) is 1.05. The lowest BCUT2D eigenvalue weighted by Gasteiger charge is -2.41. The van der Waals surface area contributed by atoms with E-state index in [4.69, 9.17) is 10.00 Å². The number of nitrogens with zero attached hydrogens (tertiary/aromatic N) is 4. The van der Waals surface area contributed by atoms with Crippen LogP contribution in [0.5, 0.6) is 0 Å². The van der Waals surface area contributed by atoms with Crippen LogP contribution in [0.1, 0.15) is 38.8 Å². The molecule has 23 heavy (non-hydrogen) atoms. The predicted molar refractivity (Wildman–Crippen MR) is 88.3 cm³/mol. The molecule has 0 N–H and O–H groups in total. The fourth-order valence-electron chi connectivity index (χ4n) is 2.70. The molecule has 1 atom stereocenters. The maximum atomic E-state index is 12.3. The van der Waals surface area contributed by atoms with Crippen LogP contribution < -0.4 is 4.90 Å². The minimum atomic E-state index is -0.487. The van der Waals surface area contributed by atoms with Crippen molar-refractivity contribution in [3.05, 3.63) is 23.4 Å². The van der Waals surface area contributed by atoms with Gasteiger partial charge in [-0.05, 0) is 46.2 Å². The van der Waals surface area contributed by atoms with Gasteiger partial charge in [-0.2, -0.15) is 5.26 Å². The van der Waals surface area contributed by atoms with Crippen LogP contribution in [0.15, 0.2) is 12.3 Å². The summed E-state index contributed by atoms with van der Waals surface area (Å²) in [4.78, 5) is 20.6. The molecular weight excluding hydrogens is 292 g/mol. The summed E-state index contributed by atoms with van der Waals surface area (Å²) in [7, 11) is 0. The van der Waals surface area contributed by atoms with Gasteiger partial charge in [0.25, 0.3) is 0 Å². The topological polar surface area (TPSA) is 69.5 Å². The molecule has 0 spiro atoms. The molecule has 0 bridgehead atoms. The Morgan fingerprint density at radius 1 is 1.43 bits per heavy atom. The molecule has 0 saturated carbocycles. The van der Waals surface area contributed by atoms with Crippen molar-refractivity contribution in [1.82, 2.24) is 9.88 Å². The maximum Gasteiger partial charge on any atom is 0.410 e. The molecule has 2 heterocycles. The number of aryl methyl sites for hydroxylation is 1. The molecular formula is C17H24N4O2.